The minimum absolute atomic E-state index is 0.0430. The summed E-state index contributed by atoms with van der Waals surface area (Å²) >= 11 is 5.74. The molecule has 0 bridgehead atoms. The van der Waals surface area contributed by atoms with Crippen LogP contribution in [0.15, 0.2) is 53.4 Å². The quantitative estimate of drug-likeness (QED) is 0.453. The maximum Gasteiger partial charge on any atom is 0.265 e. The lowest BCUT2D eigenvalue weighted by atomic mass is 10.2. The number of carbonyl (C=O) groups is 1. The monoisotopic (exact) mass is 325 g/mol. The molecule has 0 heterocycles. The minimum Gasteiger partial charge on any atom is -0.290 e. The molecule has 0 radical (unpaired) electrons. The zero-order chi connectivity index (χ0) is 15.5. The summed E-state index contributed by atoms with van der Waals surface area (Å²) in [6.45, 7) is 0. The Labute approximate surface area is 126 Å². The van der Waals surface area contributed by atoms with Crippen molar-refractivity contribution in [3.05, 3.63) is 59.1 Å². The molecule has 0 unspecified atom stereocenters. The molecule has 2 aromatic rings. The second-order valence-corrected chi connectivity index (χ2v) is 6.23. The van der Waals surface area contributed by atoms with Gasteiger partial charge in [-0.15, -0.1) is 0 Å². The predicted octanol–water partition coefficient (Wildman–Crippen LogP) is 1.74. The van der Waals surface area contributed by atoms with Crippen molar-refractivity contribution < 1.29 is 13.2 Å². The van der Waals surface area contributed by atoms with Gasteiger partial charge in [-0.05, 0) is 42.5 Å². The van der Waals surface area contributed by atoms with Gasteiger partial charge in [0.05, 0.1) is 4.90 Å². The molecule has 0 spiro atoms. The standard InChI is InChI=1S/C13H12ClN3O3S/c14-10-4-6-11(7-5-10)17-21(19,20)12-3-1-2-9(8-12)13(18)16-15/h1-8,17H,15H2,(H,16,18). The van der Waals surface area contributed by atoms with Crippen LogP contribution in [-0.4, -0.2) is 14.3 Å². The first-order chi connectivity index (χ1) is 9.92. The number of amides is 1. The molecule has 2 rings (SSSR count). The van der Waals surface area contributed by atoms with Crippen molar-refractivity contribution in [2.24, 2.45) is 5.84 Å². The number of carbonyl (C=O) groups excluding carboxylic acids is 1. The highest BCUT2D eigenvalue weighted by atomic mass is 35.5. The molecule has 1 amide bonds. The molecule has 8 heteroatoms. The van der Waals surface area contributed by atoms with Gasteiger partial charge in [-0.1, -0.05) is 17.7 Å². The molecule has 4 N–H and O–H groups in total. The Morgan fingerprint density at radius 2 is 1.76 bits per heavy atom. The number of sulfonamides is 1. The van der Waals surface area contributed by atoms with Gasteiger partial charge < -0.3 is 0 Å². The Hall–Kier alpha value is -2.09. The lowest BCUT2D eigenvalue weighted by molar-refractivity contribution is 0.0953. The second kappa shape index (κ2) is 6.13. The van der Waals surface area contributed by atoms with Crippen LogP contribution in [0.2, 0.25) is 5.02 Å². The van der Waals surface area contributed by atoms with Crippen LogP contribution >= 0.6 is 11.6 Å². The number of hydrogen-bond donors (Lipinski definition) is 3. The normalized spacial score (nSPS) is 11.0. The zero-order valence-corrected chi connectivity index (χ0v) is 12.3. The average molecular weight is 326 g/mol. The van der Waals surface area contributed by atoms with E-state index in [1.54, 1.807) is 12.1 Å². The summed E-state index contributed by atoms with van der Waals surface area (Å²) in [5.41, 5.74) is 2.47. The summed E-state index contributed by atoms with van der Waals surface area (Å²) in [5.74, 6) is 4.45. The molecule has 0 saturated carbocycles. The number of hydrazine groups is 1. The van der Waals surface area contributed by atoms with E-state index in [1.165, 1.54) is 36.4 Å². The zero-order valence-electron chi connectivity index (χ0n) is 10.7. The van der Waals surface area contributed by atoms with Crippen molar-refractivity contribution >= 4 is 33.2 Å². The van der Waals surface area contributed by atoms with Gasteiger partial charge in [0.15, 0.2) is 0 Å². The molecular formula is C13H12ClN3O3S. The van der Waals surface area contributed by atoms with E-state index in [-0.39, 0.29) is 10.5 Å². The topological polar surface area (TPSA) is 101 Å². The maximum absolute atomic E-state index is 12.2. The molecule has 6 nitrogen and oxygen atoms in total. The number of hydrogen-bond acceptors (Lipinski definition) is 4. The van der Waals surface area contributed by atoms with Crippen LogP contribution in [0, 0.1) is 0 Å². The van der Waals surface area contributed by atoms with E-state index in [9.17, 15) is 13.2 Å². The molecule has 0 aliphatic rings. The Morgan fingerprint density at radius 3 is 2.38 bits per heavy atom. The van der Waals surface area contributed by atoms with Gasteiger partial charge >= 0.3 is 0 Å². The molecule has 2 aromatic carbocycles. The summed E-state index contributed by atoms with van der Waals surface area (Å²) < 4.78 is 26.9. The molecule has 0 atom stereocenters. The van der Waals surface area contributed by atoms with Crippen molar-refractivity contribution in [2.75, 3.05) is 4.72 Å². The Balaban J connectivity index is 2.31. The molecule has 21 heavy (non-hydrogen) atoms. The maximum atomic E-state index is 12.2. The van der Waals surface area contributed by atoms with Gasteiger partial charge in [-0.2, -0.15) is 0 Å². The average Bonchev–Trinajstić information content (AvgIpc) is 2.49. The summed E-state index contributed by atoms with van der Waals surface area (Å²) in [6.07, 6.45) is 0. The van der Waals surface area contributed by atoms with E-state index in [4.69, 9.17) is 17.4 Å². The Bertz CT molecular complexity index is 760. The van der Waals surface area contributed by atoms with Crippen molar-refractivity contribution in [1.82, 2.24) is 5.43 Å². The van der Waals surface area contributed by atoms with Crippen molar-refractivity contribution in [3.8, 4) is 0 Å². The van der Waals surface area contributed by atoms with E-state index in [0.29, 0.717) is 10.7 Å². The lowest BCUT2D eigenvalue weighted by Gasteiger charge is -2.09. The fourth-order valence-electron chi connectivity index (χ4n) is 1.62. The van der Waals surface area contributed by atoms with Gasteiger partial charge in [-0.3, -0.25) is 14.9 Å². The third-order valence-corrected chi connectivity index (χ3v) is 4.27. The van der Waals surface area contributed by atoms with Gasteiger partial charge in [0.1, 0.15) is 0 Å². The summed E-state index contributed by atoms with van der Waals surface area (Å²) in [5, 5.41) is 0.500. The van der Waals surface area contributed by atoms with Crippen molar-refractivity contribution in [3.63, 3.8) is 0 Å². The summed E-state index contributed by atoms with van der Waals surface area (Å²) in [7, 11) is -3.80. The predicted molar refractivity (Wildman–Crippen MR) is 80.4 cm³/mol. The van der Waals surface area contributed by atoms with Crippen molar-refractivity contribution in [1.29, 1.82) is 0 Å². The molecular weight excluding hydrogens is 314 g/mol. The molecule has 0 aliphatic carbocycles. The van der Waals surface area contributed by atoms with Crippen LogP contribution in [0.3, 0.4) is 0 Å². The minimum atomic E-state index is -3.80. The van der Waals surface area contributed by atoms with Gasteiger partial charge in [0.25, 0.3) is 15.9 Å². The molecule has 0 aromatic heterocycles. The first kappa shape index (κ1) is 15.3. The van der Waals surface area contributed by atoms with Crippen molar-refractivity contribution in [2.45, 2.75) is 4.90 Å². The van der Waals surface area contributed by atoms with Crippen LogP contribution in [-0.2, 0) is 10.0 Å². The highest BCUT2D eigenvalue weighted by Crippen LogP contribution is 2.19. The first-order valence-corrected chi connectivity index (χ1v) is 7.68. The number of nitrogens with one attached hydrogen (secondary N) is 2. The molecule has 0 saturated heterocycles. The van der Waals surface area contributed by atoms with Crippen LogP contribution in [0.4, 0.5) is 5.69 Å². The summed E-state index contributed by atoms with van der Waals surface area (Å²) in [6, 6.07) is 11.7. The highest BCUT2D eigenvalue weighted by molar-refractivity contribution is 7.92. The van der Waals surface area contributed by atoms with E-state index in [1.807, 2.05) is 5.43 Å². The molecule has 110 valence electrons. The number of anilines is 1. The van der Waals surface area contributed by atoms with E-state index >= 15 is 0 Å². The van der Waals surface area contributed by atoms with E-state index in [2.05, 4.69) is 4.72 Å². The van der Waals surface area contributed by atoms with Crippen LogP contribution in [0.25, 0.3) is 0 Å². The fraction of sp³-hybridized carbons (Fsp3) is 0. The number of nitrogens with two attached hydrogens (primary N) is 1. The molecule has 0 aliphatic heterocycles. The third kappa shape index (κ3) is 3.72. The van der Waals surface area contributed by atoms with Gasteiger partial charge in [0.2, 0.25) is 0 Å². The van der Waals surface area contributed by atoms with E-state index in [0.717, 1.165) is 0 Å². The first-order valence-electron chi connectivity index (χ1n) is 5.82. The van der Waals surface area contributed by atoms with Gasteiger partial charge in [-0.25, -0.2) is 14.3 Å². The number of nitrogen functional groups attached to an aromatic ring is 1. The van der Waals surface area contributed by atoms with Crippen LogP contribution in [0.5, 0.6) is 0 Å². The third-order valence-electron chi connectivity index (χ3n) is 2.63. The number of benzene rings is 2. The highest BCUT2D eigenvalue weighted by Gasteiger charge is 2.16. The number of halogens is 1. The Morgan fingerprint density at radius 1 is 1.10 bits per heavy atom. The SMILES string of the molecule is NNC(=O)c1cccc(S(=O)(=O)Nc2ccc(Cl)cc2)c1. The Kier molecular flexibility index (Phi) is 4.46. The second-order valence-electron chi connectivity index (χ2n) is 4.11. The van der Waals surface area contributed by atoms with Crippen LogP contribution < -0.4 is 16.0 Å². The van der Waals surface area contributed by atoms with Crippen LogP contribution in [0.1, 0.15) is 10.4 Å². The smallest absolute Gasteiger partial charge is 0.265 e. The number of rotatable bonds is 4. The largest absolute Gasteiger partial charge is 0.290 e. The lowest BCUT2D eigenvalue weighted by Crippen LogP contribution is -2.30. The van der Waals surface area contributed by atoms with Gasteiger partial charge in [0, 0.05) is 16.3 Å². The van der Waals surface area contributed by atoms with E-state index < -0.39 is 15.9 Å². The summed E-state index contributed by atoms with van der Waals surface area (Å²) in [4.78, 5) is 11.4. The molecule has 0 fully saturated rings. The fourth-order valence-corrected chi connectivity index (χ4v) is 2.85.